The van der Waals surface area contributed by atoms with Gasteiger partial charge in [0.2, 0.25) is 0 Å². The summed E-state index contributed by atoms with van der Waals surface area (Å²) in [7, 11) is 0. The zero-order valence-corrected chi connectivity index (χ0v) is 8.81. The van der Waals surface area contributed by atoms with E-state index in [-0.39, 0.29) is 25.1 Å². The number of aliphatic hydroxyl groups excluding tert-OH is 3. The molecule has 2 unspecified atom stereocenters. The Labute approximate surface area is 93.1 Å². The molecule has 0 aliphatic rings. The van der Waals surface area contributed by atoms with Crippen LogP contribution in [0, 0.1) is 5.82 Å². The fraction of sp³-hybridized carbons (Fsp3) is 0.455. The molecular formula is C11H16FNO3. The molecule has 5 N–H and O–H groups in total. The second kappa shape index (κ2) is 5.91. The zero-order chi connectivity index (χ0) is 12.1. The van der Waals surface area contributed by atoms with Crippen LogP contribution in [0.25, 0.3) is 0 Å². The molecule has 0 fully saturated rings. The molecule has 0 spiro atoms. The van der Waals surface area contributed by atoms with Crippen molar-refractivity contribution < 1.29 is 19.7 Å². The maximum absolute atomic E-state index is 13.1. The van der Waals surface area contributed by atoms with E-state index in [0.29, 0.717) is 5.56 Å². The molecule has 4 nitrogen and oxygen atoms in total. The quantitative estimate of drug-likeness (QED) is 0.575. The van der Waals surface area contributed by atoms with Gasteiger partial charge in [-0.3, -0.25) is 0 Å². The molecule has 0 aliphatic heterocycles. The molecule has 0 amide bonds. The van der Waals surface area contributed by atoms with Crippen molar-refractivity contribution in [1.82, 2.24) is 0 Å². The Morgan fingerprint density at radius 3 is 2.50 bits per heavy atom. The minimum absolute atomic E-state index is 0.228. The Morgan fingerprint density at radius 2 is 1.94 bits per heavy atom. The first-order valence-electron chi connectivity index (χ1n) is 5.05. The molecule has 16 heavy (non-hydrogen) atoms. The maximum Gasteiger partial charge on any atom is 0.123 e. The average molecular weight is 229 g/mol. The highest BCUT2D eigenvalue weighted by atomic mass is 19.1. The summed E-state index contributed by atoms with van der Waals surface area (Å²) in [6.07, 6.45) is -1.99. The second-order valence-corrected chi connectivity index (χ2v) is 3.64. The Balaban J connectivity index is 2.89. The smallest absolute Gasteiger partial charge is 0.123 e. The first-order valence-corrected chi connectivity index (χ1v) is 5.05. The lowest BCUT2D eigenvalue weighted by Crippen LogP contribution is -2.22. The van der Waals surface area contributed by atoms with Crippen LogP contribution < -0.4 is 5.73 Å². The van der Waals surface area contributed by atoms with Gasteiger partial charge < -0.3 is 21.1 Å². The number of hydrogen-bond acceptors (Lipinski definition) is 4. The molecule has 2 atom stereocenters. The molecule has 0 radical (unpaired) electrons. The monoisotopic (exact) mass is 229 g/mol. The van der Waals surface area contributed by atoms with Crippen molar-refractivity contribution in [3.05, 3.63) is 35.1 Å². The molecule has 0 bridgehead atoms. The van der Waals surface area contributed by atoms with Gasteiger partial charge in [0.05, 0.1) is 12.7 Å². The number of aliphatic hydroxyl groups is 3. The first-order chi connectivity index (χ1) is 7.58. The van der Waals surface area contributed by atoms with Gasteiger partial charge in [0, 0.05) is 0 Å². The summed E-state index contributed by atoms with van der Waals surface area (Å²) in [5.41, 5.74) is 5.84. The van der Waals surface area contributed by atoms with Crippen molar-refractivity contribution in [2.45, 2.75) is 25.2 Å². The van der Waals surface area contributed by atoms with Gasteiger partial charge in [-0.05, 0) is 36.2 Å². The van der Waals surface area contributed by atoms with Gasteiger partial charge >= 0.3 is 0 Å². The van der Waals surface area contributed by atoms with Gasteiger partial charge in [0.15, 0.2) is 0 Å². The van der Waals surface area contributed by atoms with E-state index < -0.39 is 18.0 Å². The number of benzene rings is 1. The number of halogens is 1. The molecule has 5 heteroatoms. The predicted octanol–water partition coefficient (Wildman–Crippen LogP) is 0.0611. The molecule has 0 saturated heterocycles. The van der Waals surface area contributed by atoms with Crippen molar-refractivity contribution in [3.8, 4) is 0 Å². The van der Waals surface area contributed by atoms with Crippen molar-refractivity contribution in [1.29, 1.82) is 0 Å². The van der Waals surface area contributed by atoms with Crippen molar-refractivity contribution in [2.75, 3.05) is 6.54 Å². The van der Waals surface area contributed by atoms with Crippen LogP contribution >= 0.6 is 0 Å². The van der Waals surface area contributed by atoms with Crippen LogP contribution in [-0.4, -0.2) is 28.0 Å². The Bertz CT molecular complexity index is 346. The molecule has 0 aliphatic carbocycles. The minimum atomic E-state index is -1.19. The summed E-state index contributed by atoms with van der Waals surface area (Å²) >= 11 is 0. The fourth-order valence-corrected chi connectivity index (χ4v) is 1.49. The summed E-state index contributed by atoms with van der Waals surface area (Å²) in [5, 5.41) is 28.1. The minimum Gasteiger partial charge on any atom is -0.392 e. The van der Waals surface area contributed by atoms with Crippen molar-refractivity contribution in [3.63, 3.8) is 0 Å². The number of hydrogen-bond donors (Lipinski definition) is 4. The predicted molar refractivity (Wildman–Crippen MR) is 57.0 cm³/mol. The van der Waals surface area contributed by atoms with Crippen LogP contribution in [0.5, 0.6) is 0 Å². The van der Waals surface area contributed by atoms with Crippen molar-refractivity contribution >= 4 is 0 Å². The third-order valence-corrected chi connectivity index (χ3v) is 2.33. The van der Waals surface area contributed by atoms with Gasteiger partial charge in [-0.25, -0.2) is 4.39 Å². The van der Waals surface area contributed by atoms with Crippen LogP contribution in [0.1, 0.15) is 23.7 Å². The molecule has 90 valence electrons. The Morgan fingerprint density at radius 1 is 1.25 bits per heavy atom. The molecule has 0 heterocycles. The lowest BCUT2D eigenvalue weighted by molar-refractivity contribution is 0.0148. The van der Waals surface area contributed by atoms with Crippen LogP contribution in [0.15, 0.2) is 18.2 Å². The Kier molecular flexibility index (Phi) is 4.82. The molecule has 0 saturated carbocycles. The summed E-state index contributed by atoms with van der Waals surface area (Å²) in [6, 6.07) is 3.75. The van der Waals surface area contributed by atoms with Gasteiger partial charge in [0.1, 0.15) is 11.9 Å². The van der Waals surface area contributed by atoms with E-state index in [0.717, 1.165) is 6.07 Å². The molecule has 1 aromatic carbocycles. The van der Waals surface area contributed by atoms with Gasteiger partial charge in [-0.15, -0.1) is 0 Å². The van der Waals surface area contributed by atoms with Crippen LogP contribution in [0.3, 0.4) is 0 Å². The largest absolute Gasteiger partial charge is 0.392 e. The van der Waals surface area contributed by atoms with Gasteiger partial charge in [0.25, 0.3) is 0 Å². The van der Waals surface area contributed by atoms with Crippen LogP contribution in [0.4, 0.5) is 4.39 Å². The average Bonchev–Trinajstić information content (AvgIpc) is 2.27. The second-order valence-electron chi connectivity index (χ2n) is 3.64. The zero-order valence-electron chi connectivity index (χ0n) is 8.81. The summed E-state index contributed by atoms with van der Waals surface area (Å²) in [5.74, 6) is -0.555. The fourth-order valence-electron chi connectivity index (χ4n) is 1.49. The highest BCUT2D eigenvalue weighted by molar-refractivity contribution is 5.26. The molecule has 1 aromatic rings. The summed E-state index contributed by atoms with van der Waals surface area (Å²) in [4.78, 5) is 0. The van der Waals surface area contributed by atoms with E-state index in [1.807, 2.05) is 0 Å². The molecule has 1 rings (SSSR count). The molecule has 0 aromatic heterocycles. The van der Waals surface area contributed by atoms with E-state index in [1.165, 1.54) is 12.1 Å². The standard InChI is InChI=1S/C11H16FNO3/c12-9-4-7(6-14)3-8(5-9)11(16)10(15)1-2-13/h3-5,10-11,14-16H,1-2,6,13H2. The maximum atomic E-state index is 13.1. The SMILES string of the molecule is NCCC(O)C(O)c1cc(F)cc(CO)c1. The van der Waals surface area contributed by atoms with Gasteiger partial charge in [-0.2, -0.15) is 0 Å². The van der Waals surface area contributed by atoms with E-state index >= 15 is 0 Å². The normalized spacial score (nSPS) is 14.8. The van der Waals surface area contributed by atoms with E-state index in [1.54, 1.807) is 0 Å². The lowest BCUT2D eigenvalue weighted by Gasteiger charge is -2.18. The molecular weight excluding hydrogens is 213 g/mol. The van der Waals surface area contributed by atoms with E-state index in [4.69, 9.17) is 10.8 Å². The van der Waals surface area contributed by atoms with E-state index in [9.17, 15) is 14.6 Å². The first kappa shape index (κ1) is 13.1. The lowest BCUT2D eigenvalue weighted by atomic mass is 10.00. The topological polar surface area (TPSA) is 86.7 Å². The summed E-state index contributed by atoms with van der Waals surface area (Å²) in [6.45, 7) is -0.0785. The van der Waals surface area contributed by atoms with E-state index in [2.05, 4.69) is 0 Å². The summed E-state index contributed by atoms with van der Waals surface area (Å²) < 4.78 is 13.1. The highest BCUT2D eigenvalue weighted by Crippen LogP contribution is 2.21. The number of nitrogens with two attached hydrogens (primary N) is 1. The highest BCUT2D eigenvalue weighted by Gasteiger charge is 2.18. The van der Waals surface area contributed by atoms with Gasteiger partial charge in [-0.1, -0.05) is 6.07 Å². The third kappa shape index (κ3) is 3.24. The Hall–Kier alpha value is -1.01. The van der Waals surface area contributed by atoms with Crippen molar-refractivity contribution in [2.24, 2.45) is 5.73 Å². The number of rotatable bonds is 5. The third-order valence-electron chi connectivity index (χ3n) is 2.33. The van der Waals surface area contributed by atoms with Crippen LogP contribution in [-0.2, 0) is 6.61 Å². The van der Waals surface area contributed by atoms with Crippen LogP contribution in [0.2, 0.25) is 0 Å².